The molecule has 0 rings (SSSR count). The van der Waals surface area contributed by atoms with Crippen molar-refractivity contribution in [2.24, 2.45) is 0 Å². The lowest BCUT2D eigenvalue weighted by molar-refractivity contribution is -0.868. The van der Waals surface area contributed by atoms with Crippen LogP contribution in [0.25, 0.3) is 0 Å². The minimum Gasteiger partial charge on any atom is -0.331 e. The van der Waals surface area contributed by atoms with E-state index < -0.39 is 0 Å². The van der Waals surface area contributed by atoms with Gasteiger partial charge in [0.2, 0.25) is 0 Å². The average molecular weight is 88.2 g/mol. The predicted molar refractivity (Wildman–Crippen MR) is 28.6 cm³/mol. The van der Waals surface area contributed by atoms with Gasteiger partial charge in [-0.1, -0.05) is 0 Å². The van der Waals surface area contributed by atoms with E-state index in [1.165, 1.54) is 6.54 Å². The average Bonchev–Trinajstić information content (AvgIpc) is 1.35. The van der Waals surface area contributed by atoms with Gasteiger partial charge in [-0.05, 0) is 6.92 Å². The van der Waals surface area contributed by atoms with E-state index in [1.807, 2.05) is 0 Å². The lowest BCUT2D eigenvalue weighted by Gasteiger charge is -2.20. The molecule has 38 valence electrons. The third-order valence-corrected chi connectivity index (χ3v) is 0.949. The Hall–Kier alpha value is -0.0400. The van der Waals surface area contributed by atoms with Crippen LogP contribution >= 0.6 is 0 Å². The fraction of sp³-hybridized carbons (Fsp3) is 1.00. The lowest BCUT2D eigenvalue weighted by Crippen LogP contribution is -2.33. The zero-order valence-corrected chi connectivity index (χ0v) is 5.15. The summed E-state index contributed by atoms with van der Waals surface area (Å²) in [6.45, 7) is 3.39. The second-order valence-electron chi connectivity index (χ2n) is 2.61. The second kappa shape index (κ2) is 1.61. The third-order valence-electron chi connectivity index (χ3n) is 0.949. The molecule has 1 heteroatoms. The molecule has 0 N–H and O–H groups in total. The van der Waals surface area contributed by atoms with Crippen molar-refractivity contribution in [1.29, 1.82) is 0 Å². The Labute approximate surface area is 40.2 Å². The molecule has 0 bridgehead atoms. The Balaban J connectivity index is 3.17. The summed E-state index contributed by atoms with van der Waals surface area (Å²) in [6.07, 6.45) is 0. The van der Waals surface area contributed by atoms with E-state index in [9.17, 15) is 0 Å². The first-order valence-electron chi connectivity index (χ1n) is 2.36. The van der Waals surface area contributed by atoms with E-state index in [2.05, 4.69) is 28.1 Å². The largest absolute Gasteiger partial charge is 0.331 e. The van der Waals surface area contributed by atoms with Gasteiger partial charge in [-0.25, -0.2) is 0 Å². The van der Waals surface area contributed by atoms with Crippen LogP contribution in [0.4, 0.5) is 0 Å². The molecule has 6 heavy (non-hydrogen) atoms. The van der Waals surface area contributed by atoms with Gasteiger partial charge in [0.05, 0.1) is 27.7 Å². The first-order chi connectivity index (χ1) is 2.56. The van der Waals surface area contributed by atoms with Crippen molar-refractivity contribution in [2.75, 3.05) is 27.7 Å². The van der Waals surface area contributed by atoms with Crippen LogP contribution in [0.1, 0.15) is 6.92 Å². The summed E-state index contributed by atoms with van der Waals surface area (Å²) in [5.41, 5.74) is 0. The standard InChI is InChI=1S/C5H14N/c1-5-6(2,3)4/h5H2,1-4H3/q+1. The summed E-state index contributed by atoms with van der Waals surface area (Å²) in [4.78, 5) is 0. The molecule has 0 heterocycles. The molecule has 0 aliphatic rings. The topological polar surface area (TPSA) is 0 Å². The summed E-state index contributed by atoms with van der Waals surface area (Å²) < 4.78 is 1.07. The maximum absolute atomic E-state index is 2.18. The highest BCUT2D eigenvalue weighted by atomic mass is 15.3. The summed E-state index contributed by atoms with van der Waals surface area (Å²) >= 11 is 0. The Kier molecular flexibility index (Phi) is 1.59. The van der Waals surface area contributed by atoms with Gasteiger partial charge in [-0.2, -0.15) is 0 Å². The maximum atomic E-state index is 2.18. The van der Waals surface area contributed by atoms with Crippen LogP contribution in [0, 0.1) is 0 Å². The van der Waals surface area contributed by atoms with Gasteiger partial charge in [0.1, 0.15) is 0 Å². The number of quaternary nitrogens is 1. The molecule has 0 unspecified atom stereocenters. The highest BCUT2D eigenvalue weighted by Crippen LogP contribution is 1.83. The fourth-order valence-corrected chi connectivity index (χ4v) is 0. The number of hydrogen-bond acceptors (Lipinski definition) is 0. The summed E-state index contributed by atoms with van der Waals surface area (Å²) in [5, 5.41) is 0. The molecule has 0 atom stereocenters. The monoisotopic (exact) mass is 88.1 g/mol. The lowest BCUT2D eigenvalue weighted by atomic mass is 10.6. The van der Waals surface area contributed by atoms with E-state index in [-0.39, 0.29) is 0 Å². The molecule has 0 saturated carbocycles. The van der Waals surface area contributed by atoms with E-state index in [1.54, 1.807) is 0 Å². The summed E-state index contributed by atoms with van der Waals surface area (Å²) in [7, 11) is 6.54. The molecular weight excluding hydrogens is 74.1 g/mol. The first kappa shape index (κ1) is 5.96. The van der Waals surface area contributed by atoms with Gasteiger partial charge >= 0.3 is 0 Å². The molecule has 0 aromatic rings. The van der Waals surface area contributed by atoms with Crippen LogP contribution in [0.2, 0.25) is 0 Å². The van der Waals surface area contributed by atoms with Crippen molar-refractivity contribution in [1.82, 2.24) is 0 Å². The molecule has 0 aromatic carbocycles. The van der Waals surface area contributed by atoms with Crippen LogP contribution in [-0.2, 0) is 0 Å². The van der Waals surface area contributed by atoms with E-state index in [0.717, 1.165) is 4.48 Å². The van der Waals surface area contributed by atoms with Gasteiger partial charge in [0.25, 0.3) is 0 Å². The third kappa shape index (κ3) is 3.96. The van der Waals surface area contributed by atoms with Gasteiger partial charge < -0.3 is 4.48 Å². The quantitative estimate of drug-likeness (QED) is 0.414. The van der Waals surface area contributed by atoms with Crippen molar-refractivity contribution >= 4 is 0 Å². The van der Waals surface area contributed by atoms with E-state index >= 15 is 0 Å². The normalized spacial score (nSPS) is 12.0. The zero-order chi connectivity index (χ0) is 5.21. The van der Waals surface area contributed by atoms with Gasteiger partial charge in [0.15, 0.2) is 0 Å². The molecule has 0 aliphatic carbocycles. The smallest absolute Gasteiger partial charge is 0.0751 e. The molecular formula is C5H14N+. The Morgan fingerprint density at radius 2 is 1.33 bits per heavy atom. The Bertz CT molecular complexity index is 33.7. The molecule has 0 amide bonds. The SMILES string of the molecule is CC[N+](C)(C)C. The second-order valence-corrected chi connectivity index (χ2v) is 2.61. The molecule has 1 nitrogen and oxygen atoms in total. The fourth-order valence-electron chi connectivity index (χ4n) is 0. The van der Waals surface area contributed by atoms with Crippen LogP contribution in [0.3, 0.4) is 0 Å². The Morgan fingerprint density at radius 3 is 1.33 bits per heavy atom. The highest BCUT2D eigenvalue weighted by molar-refractivity contribution is 4.06. The van der Waals surface area contributed by atoms with Gasteiger partial charge in [-0.3, -0.25) is 0 Å². The minimum absolute atomic E-state index is 1.07. The molecule has 0 spiro atoms. The van der Waals surface area contributed by atoms with Gasteiger partial charge in [0, 0.05) is 0 Å². The Morgan fingerprint density at radius 1 is 1.17 bits per heavy atom. The molecule has 0 fully saturated rings. The van der Waals surface area contributed by atoms with Crippen molar-refractivity contribution in [3.05, 3.63) is 0 Å². The number of hydrogen-bond donors (Lipinski definition) is 0. The number of nitrogens with zero attached hydrogens (tertiary/aromatic N) is 1. The number of rotatable bonds is 1. The first-order valence-corrected chi connectivity index (χ1v) is 2.36. The molecule has 0 aliphatic heterocycles. The summed E-state index contributed by atoms with van der Waals surface area (Å²) in [6, 6.07) is 0. The van der Waals surface area contributed by atoms with Crippen LogP contribution in [-0.4, -0.2) is 32.2 Å². The molecule has 0 radical (unpaired) electrons. The van der Waals surface area contributed by atoms with Crippen molar-refractivity contribution in [2.45, 2.75) is 6.92 Å². The minimum atomic E-state index is 1.07. The van der Waals surface area contributed by atoms with Crippen LogP contribution in [0.5, 0.6) is 0 Å². The van der Waals surface area contributed by atoms with Crippen molar-refractivity contribution in [3.8, 4) is 0 Å². The van der Waals surface area contributed by atoms with Crippen LogP contribution in [0.15, 0.2) is 0 Å². The zero-order valence-electron chi connectivity index (χ0n) is 5.15. The van der Waals surface area contributed by atoms with Crippen molar-refractivity contribution < 1.29 is 4.48 Å². The van der Waals surface area contributed by atoms with E-state index in [4.69, 9.17) is 0 Å². The molecule has 0 aromatic heterocycles. The van der Waals surface area contributed by atoms with Crippen LogP contribution < -0.4 is 0 Å². The predicted octanol–water partition coefficient (Wildman–Crippen LogP) is 0.712. The maximum Gasteiger partial charge on any atom is 0.0751 e. The summed E-state index contributed by atoms with van der Waals surface area (Å²) in [5.74, 6) is 0. The highest BCUT2D eigenvalue weighted by Gasteiger charge is 1.97. The van der Waals surface area contributed by atoms with Crippen molar-refractivity contribution in [3.63, 3.8) is 0 Å². The molecule has 0 saturated heterocycles. The van der Waals surface area contributed by atoms with Gasteiger partial charge in [-0.15, -0.1) is 0 Å². The van der Waals surface area contributed by atoms with E-state index in [0.29, 0.717) is 0 Å².